The van der Waals surface area contributed by atoms with E-state index in [1.165, 1.54) is 0 Å². The van der Waals surface area contributed by atoms with Crippen LogP contribution in [-0.4, -0.2) is 36.8 Å². The van der Waals surface area contributed by atoms with Crippen molar-refractivity contribution in [2.45, 2.75) is 39.3 Å². The van der Waals surface area contributed by atoms with E-state index < -0.39 is 15.6 Å². The molecule has 0 aromatic heterocycles. The van der Waals surface area contributed by atoms with Crippen molar-refractivity contribution >= 4 is 15.7 Å². The molecule has 1 unspecified atom stereocenters. The summed E-state index contributed by atoms with van der Waals surface area (Å²) in [5.41, 5.74) is 1.03. The highest BCUT2D eigenvalue weighted by molar-refractivity contribution is 7.92. The highest BCUT2D eigenvalue weighted by Gasteiger charge is 2.35. The summed E-state index contributed by atoms with van der Waals surface area (Å²) in [5.74, 6) is -0.286. The Bertz CT molecular complexity index is 648. The van der Waals surface area contributed by atoms with Crippen LogP contribution in [0.15, 0.2) is 42.5 Å². The van der Waals surface area contributed by atoms with Crippen molar-refractivity contribution in [3.05, 3.63) is 48.0 Å². The number of hydrogen-bond donors (Lipinski definition) is 0. The van der Waals surface area contributed by atoms with E-state index in [9.17, 15) is 13.2 Å². The van der Waals surface area contributed by atoms with Crippen LogP contribution in [0.1, 0.15) is 32.3 Å². The van der Waals surface area contributed by atoms with Gasteiger partial charge in [0.15, 0.2) is 9.84 Å². The molecule has 0 spiro atoms. The van der Waals surface area contributed by atoms with Crippen LogP contribution in [0.4, 0.5) is 0 Å². The molecule has 23 heavy (non-hydrogen) atoms. The third-order valence-corrected chi connectivity index (χ3v) is 5.63. The molecule has 2 rings (SSSR count). The van der Waals surface area contributed by atoms with Gasteiger partial charge in [0, 0.05) is 12.6 Å². The standard InChI is InChI=1S/C18H25NO3S/c1-3-4-12-23(21,22)14-18(20)19(15(2)17-10-11-17)13-16-8-6-5-7-9-16/h3-9,15,17H,10-14H2,1-2H3. The molecule has 126 valence electrons. The van der Waals surface area contributed by atoms with Crippen LogP contribution in [0.2, 0.25) is 0 Å². The largest absolute Gasteiger partial charge is 0.335 e. The van der Waals surface area contributed by atoms with E-state index in [4.69, 9.17) is 0 Å². The minimum atomic E-state index is -3.40. The summed E-state index contributed by atoms with van der Waals surface area (Å²) in [6.45, 7) is 4.27. The van der Waals surface area contributed by atoms with E-state index in [1.807, 2.05) is 37.3 Å². The summed E-state index contributed by atoms with van der Waals surface area (Å²) in [5, 5.41) is 0. The summed E-state index contributed by atoms with van der Waals surface area (Å²) in [6, 6.07) is 9.81. The quantitative estimate of drug-likeness (QED) is 0.687. The molecular formula is C18H25NO3S. The van der Waals surface area contributed by atoms with E-state index in [-0.39, 0.29) is 17.7 Å². The SMILES string of the molecule is CC=CCS(=O)(=O)CC(=O)N(Cc1ccccc1)C(C)C1CC1. The Hall–Kier alpha value is -1.62. The zero-order chi connectivity index (χ0) is 16.9. The van der Waals surface area contributed by atoms with Crippen molar-refractivity contribution in [2.75, 3.05) is 11.5 Å². The normalized spacial score (nSPS) is 16.4. The van der Waals surface area contributed by atoms with Gasteiger partial charge in [0.05, 0.1) is 5.75 Å². The van der Waals surface area contributed by atoms with Gasteiger partial charge in [-0.3, -0.25) is 4.79 Å². The maximum absolute atomic E-state index is 12.6. The van der Waals surface area contributed by atoms with Gasteiger partial charge in [0.2, 0.25) is 5.91 Å². The molecule has 0 heterocycles. The zero-order valence-corrected chi connectivity index (χ0v) is 14.6. The molecule has 5 heteroatoms. The van der Waals surface area contributed by atoms with E-state index in [0.29, 0.717) is 12.5 Å². The van der Waals surface area contributed by atoms with E-state index in [2.05, 4.69) is 0 Å². The van der Waals surface area contributed by atoms with E-state index in [0.717, 1.165) is 18.4 Å². The molecule has 1 fully saturated rings. The molecule has 0 N–H and O–H groups in total. The van der Waals surface area contributed by atoms with Crippen molar-refractivity contribution in [1.82, 2.24) is 4.90 Å². The first kappa shape index (κ1) is 17.7. The molecule has 0 bridgehead atoms. The van der Waals surface area contributed by atoms with Crippen molar-refractivity contribution in [3.63, 3.8) is 0 Å². The van der Waals surface area contributed by atoms with Gasteiger partial charge in [-0.05, 0) is 38.2 Å². The second-order valence-electron chi connectivity index (χ2n) is 6.21. The minimum absolute atomic E-state index is 0.0772. The summed E-state index contributed by atoms with van der Waals surface area (Å²) in [6.07, 6.45) is 5.50. The lowest BCUT2D eigenvalue weighted by atomic mass is 10.1. The lowest BCUT2D eigenvalue weighted by Crippen LogP contribution is -2.42. The van der Waals surface area contributed by atoms with Crippen LogP contribution in [0, 0.1) is 5.92 Å². The van der Waals surface area contributed by atoms with E-state index >= 15 is 0 Å². The molecule has 0 radical (unpaired) electrons. The summed E-state index contributed by atoms with van der Waals surface area (Å²) >= 11 is 0. The second-order valence-corrected chi connectivity index (χ2v) is 8.32. The third-order valence-electron chi connectivity index (χ3n) is 4.24. The Balaban J connectivity index is 2.11. The van der Waals surface area contributed by atoms with Gasteiger partial charge >= 0.3 is 0 Å². The number of benzene rings is 1. The number of allylic oxidation sites excluding steroid dienone is 1. The summed E-state index contributed by atoms with van der Waals surface area (Å²) in [7, 11) is -3.40. The smallest absolute Gasteiger partial charge is 0.238 e. The van der Waals surface area contributed by atoms with Gasteiger partial charge in [-0.2, -0.15) is 0 Å². The van der Waals surface area contributed by atoms with Gasteiger partial charge in [-0.15, -0.1) is 0 Å². The van der Waals surface area contributed by atoms with Crippen LogP contribution in [0.5, 0.6) is 0 Å². The fourth-order valence-corrected chi connectivity index (χ4v) is 3.79. The van der Waals surface area contributed by atoms with Gasteiger partial charge in [0.25, 0.3) is 0 Å². The average molecular weight is 335 g/mol. The van der Waals surface area contributed by atoms with Gasteiger partial charge in [-0.1, -0.05) is 42.5 Å². The maximum atomic E-state index is 12.6. The molecular weight excluding hydrogens is 310 g/mol. The Morgan fingerprint density at radius 2 is 1.96 bits per heavy atom. The minimum Gasteiger partial charge on any atom is -0.335 e. The molecule has 0 aliphatic heterocycles. The second kappa shape index (κ2) is 7.77. The number of carbonyl (C=O) groups excluding carboxylic acids is 1. The molecule has 1 aliphatic carbocycles. The van der Waals surface area contributed by atoms with Gasteiger partial charge in [-0.25, -0.2) is 8.42 Å². The first-order chi connectivity index (χ1) is 10.9. The monoisotopic (exact) mass is 335 g/mol. The number of hydrogen-bond acceptors (Lipinski definition) is 3. The average Bonchev–Trinajstić information content (AvgIpc) is 3.35. The fraction of sp³-hybridized carbons (Fsp3) is 0.500. The summed E-state index contributed by atoms with van der Waals surface area (Å²) in [4.78, 5) is 14.4. The lowest BCUT2D eigenvalue weighted by molar-refractivity contribution is -0.131. The first-order valence-electron chi connectivity index (χ1n) is 8.08. The highest BCUT2D eigenvalue weighted by Crippen LogP contribution is 2.35. The van der Waals surface area contributed by atoms with Crippen LogP contribution in [-0.2, 0) is 21.2 Å². The Morgan fingerprint density at radius 3 is 2.52 bits per heavy atom. The van der Waals surface area contributed by atoms with Crippen molar-refractivity contribution in [1.29, 1.82) is 0 Å². The fourth-order valence-electron chi connectivity index (χ4n) is 2.65. The number of rotatable bonds is 8. The number of amides is 1. The van der Waals surface area contributed by atoms with Crippen molar-refractivity contribution < 1.29 is 13.2 Å². The molecule has 1 saturated carbocycles. The number of nitrogens with zero attached hydrogens (tertiary/aromatic N) is 1. The van der Waals surface area contributed by atoms with Gasteiger partial charge < -0.3 is 4.90 Å². The first-order valence-corrected chi connectivity index (χ1v) is 9.90. The Morgan fingerprint density at radius 1 is 1.30 bits per heavy atom. The topological polar surface area (TPSA) is 54.5 Å². The zero-order valence-electron chi connectivity index (χ0n) is 13.8. The molecule has 1 aromatic carbocycles. The van der Waals surface area contributed by atoms with Crippen molar-refractivity contribution in [2.24, 2.45) is 5.92 Å². The Labute approximate surface area is 139 Å². The Kier molecular flexibility index (Phi) is 5.99. The highest BCUT2D eigenvalue weighted by atomic mass is 32.2. The molecule has 1 atom stereocenters. The number of carbonyl (C=O) groups is 1. The molecule has 1 amide bonds. The van der Waals surface area contributed by atoms with E-state index in [1.54, 1.807) is 24.0 Å². The molecule has 1 aliphatic rings. The molecule has 4 nitrogen and oxygen atoms in total. The van der Waals surface area contributed by atoms with Crippen molar-refractivity contribution in [3.8, 4) is 0 Å². The van der Waals surface area contributed by atoms with Gasteiger partial charge in [0.1, 0.15) is 5.75 Å². The van der Waals surface area contributed by atoms with Crippen LogP contribution in [0.3, 0.4) is 0 Å². The lowest BCUT2D eigenvalue weighted by Gasteiger charge is -2.29. The summed E-state index contributed by atoms with van der Waals surface area (Å²) < 4.78 is 24.1. The van der Waals surface area contributed by atoms with Crippen LogP contribution in [0.25, 0.3) is 0 Å². The third kappa shape index (κ3) is 5.50. The molecule has 0 saturated heterocycles. The maximum Gasteiger partial charge on any atom is 0.238 e. The molecule has 1 aromatic rings. The predicted molar refractivity (Wildman–Crippen MR) is 92.6 cm³/mol. The van der Waals surface area contributed by atoms with Crippen LogP contribution < -0.4 is 0 Å². The van der Waals surface area contributed by atoms with Crippen LogP contribution >= 0.6 is 0 Å². The predicted octanol–water partition coefficient (Wildman–Crippen LogP) is 2.80. The number of sulfone groups is 1.